The summed E-state index contributed by atoms with van der Waals surface area (Å²) in [6.45, 7) is 4.65. The first kappa shape index (κ1) is 33.9. The minimum absolute atomic E-state index is 0.0733. The van der Waals surface area contributed by atoms with Crippen molar-refractivity contribution in [2.24, 2.45) is 5.92 Å². The van der Waals surface area contributed by atoms with E-state index in [9.17, 15) is 4.79 Å². The quantitative estimate of drug-likeness (QED) is 0.0781. The Morgan fingerprint density at radius 2 is 1.15 bits per heavy atom. The summed E-state index contributed by atoms with van der Waals surface area (Å²) in [6, 6.07) is 9.49. The number of esters is 1. The van der Waals surface area contributed by atoms with Gasteiger partial charge in [-0.3, -0.25) is 0 Å². The maximum absolute atomic E-state index is 12.7. The molecule has 2 atom stereocenters. The number of nitrogens with zero attached hydrogens (tertiary/aromatic N) is 1. The van der Waals surface area contributed by atoms with Crippen molar-refractivity contribution < 1.29 is 14.0 Å². The van der Waals surface area contributed by atoms with Crippen molar-refractivity contribution in [2.75, 3.05) is 27.2 Å². The number of quaternary nitrogens is 1. The summed E-state index contributed by atoms with van der Waals surface area (Å²) >= 11 is 0. The predicted molar refractivity (Wildman–Crippen MR) is 168 cm³/mol. The fourth-order valence-electron chi connectivity index (χ4n) is 6.49. The Morgan fingerprint density at radius 3 is 1.67 bits per heavy atom. The number of carbonyl (C=O) groups is 1. The molecule has 1 aromatic rings. The van der Waals surface area contributed by atoms with Crippen molar-refractivity contribution in [3.05, 3.63) is 35.9 Å². The summed E-state index contributed by atoms with van der Waals surface area (Å²) in [6.07, 6.45) is 30.4. The summed E-state index contributed by atoms with van der Waals surface area (Å²) in [7, 11) is 4.75. The topological polar surface area (TPSA) is 26.3 Å². The van der Waals surface area contributed by atoms with Gasteiger partial charge in [0.1, 0.15) is 6.10 Å². The Balaban J connectivity index is 1.45. The summed E-state index contributed by atoms with van der Waals surface area (Å²) in [5.74, 6) is 0.332. The number of ether oxygens (including phenoxy) is 1. The summed E-state index contributed by atoms with van der Waals surface area (Å²) in [5.41, 5.74) is 0.675. The minimum atomic E-state index is -0.152. The third-order valence-corrected chi connectivity index (χ3v) is 8.95. The van der Waals surface area contributed by atoms with E-state index in [0.29, 0.717) is 11.5 Å². The Bertz CT molecular complexity index is 716. The van der Waals surface area contributed by atoms with Gasteiger partial charge in [-0.05, 0) is 44.2 Å². The number of hydrogen-bond acceptors (Lipinski definition) is 2. The molecule has 0 saturated heterocycles. The first-order valence-electron chi connectivity index (χ1n) is 17.1. The monoisotopic (exact) mass is 542 g/mol. The molecule has 0 N–H and O–H groups in total. The van der Waals surface area contributed by atoms with E-state index in [4.69, 9.17) is 4.74 Å². The fourth-order valence-corrected chi connectivity index (χ4v) is 6.49. The standard InChI is InChI=1S/C36H64NO2/c1-4-5-6-7-8-9-10-11-12-13-14-15-16-17-18-19-20-26-31-37(2,3)32-34-29-24-25-30-35(34)39-36(38)33-27-22-21-23-28-33/h21-23,27-28,34-35H,4-20,24-26,29-32H2,1-3H3/q+1/t34-,35+/m0/s1. The molecular formula is C36H64NO2+. The fraction of sp³-hybridized carbons (Fsp3) is 0.806. The molecule has 1 fully saturated rings. The minimum Gasteiger partial charge on any atom is -0.458 e. The molecular weight excluding hydrogens is 478 g/mol. The van der Waals surface area contributed by atoms with Crippen molar-refractivity contribution in [3.63, 3.8) is 0 Å². The Labute approximate surface area is 243 Å². The van der Waals surface area contributed by atoms with E-state index >= 15 is 0 Å². The highest BCUT2D eigenvalue weighted by molar-refractivity contribution is 5.89. The zero-order chi connectivity index (χ0) is 28.0. The van der Waals surface area contributed by atoms with E-state index in [1.165, 1.54) is 141 Å². The van der Waals surface area contributed by atoms with E-state index in [1.54, 1.807) is 0 Å². The molecule has 39 heavy (non-hydrogen) atoms. The van der Waals surface area contributed by atoms with Crippen LogP contribution in [0.4, 0.5) is 0 Å². The first-order valence-corrected chi connectivity index (χ1v) is 17.1. The third-order valence-electron chi connectivity index (χ3n) is 8.95. The van der Waals surface area contributed by atoms with Gasteiger partial charge in [-0.25, -0.2) is 4.79 Å². The Morgan fingerprint density at radius 1 is 0.692 bits per heavy atom. The Hall–Kier alpha value is -1.35. The molecule has 1 saturated carbocycles. The highest BCUT2D eigenvalue weighted by Crippen LogP contribution is 2.30. The molecule has 0 bridgehead atoms. The number of hydrogen-bond donors (Lipinski definition) is 0. The van der Waals surface area contributed by atoms with Crippen LogP contribution in [0.1, 0.15) is 159 Å². The van der Waals surface area contributed by atoms with Crippen LogP contribution in [0.15, 0.2) is 30.3 Å². The molecule has 2 rings (SSSR count). The highest BCUT2D eigenvalue weighted by Gasteiger charge is 2.33. The van der Waals surface area contributed by atoms with Gasteiger partial charge in [0.15, 0.2) is 0 Å². The van der Waals surface area contributed by atoms with Crippen LogP contribution in [0.5, 0.6) is 0 Å². The van der Waals surface area contributed by atoms with Crippen molar-refractivity contribution >= 4 is 5.97 Å². The van der Waals surface area contributed by atoms with E-state index in [1.807, 2.05) is 30.3 Å². The first-order chi connectivity index (χ1) is 19.0. The van der Waals surface area contributed by atoms with Gasteiger partial charge < -0.3 is 9.22 Å². The van der Waals surface area contributed by atoms with Crippen molar-refractivity contribution in [3.8, 4) is 0 Å². The smallest absolute Gasteiger partial charge is 0.338 e. The summed E-state index contributed by atoms with van der Waals surface area (Å²) in [4.78, 5) is 12.7. The SMILES string of the molecule is CCCCCCCCCCCCCCCCCCCC[N+](C)(C)C[C@@H]1CCCC[C@H]1OC(=O)c1ccccc1. The molecule has 0 unspecified atom stereocenters. The van der Waals surface area contributed by atoms with Crippen LogP contribution in [-0.4, -0.2) is 43.7 Å². The van der Waals surface area contributed by atoms with Gasteiger partial charge in [0, 0.05) is 5.92 Å². The van der Waals surface area contributed by atoms with E-state index < -0.39 is 0 Å². The molecule has 3 nitrogen and oxygen atoms in total. The van der Waals surface area contributed by atoms with Crippen molar-refractivity contribution in [2.45, 2.75) is 154 Å². The molecule has 0 radical (unpaired) electrons. The number of carbonyl (C=O) groups excluding carboxylic acids is 1. The van der Waals surface area contributed by atoms with Crippen molar-refractivity contribution in [1.29, 1.82) is 0 Å². The average Bonchev–Trinajstić information content (AvgIpc) is 2.93. The van der Waals surface area contributed by atoms with Crippen LogP contribution >= 0.6 is 0 Å². The van der Waals surface area contributed by atoms with E-state index in [2.05, 4.69) is 21.0 Å². The van der Waals surface area contributed by atoms with Crippen LogP contribution in [0.3, 0.4) is 0 Å². The molecule has 0 aromatic heterocycles. The second kappa shape index (κ2) is 21.4. The third kappa shape index (κ3) is 16.5. The molecule has 0 spiro atoms. The molecule has 224 valence electrons. The second-order valence-electron chi connectivity index (χ2n) is 13.2. The van der Waals surface area contributed by atoms with Gasteiger partial charge in [0.2, 0.25) is 0 Å². The van der Waals surface area contributed by atoms with Gasteiger partial charge in [-0.2, -0.15) is 0 Å². The van der Waals surface area contributed by atoms with E-state index in [0.717, 1.165) is 17.4 Å². The van der Waals surface area contributed by atoms with Crippen LogP contribution in [0.25, 0.3) is 0 Å². The molecule has 1 aromatic carbocycles. The highest BCUT2D eigenvalue weighted by atomic mass is 16.5. The number of benzene rings is 1. The lowest BCUT2D eigenvalue weighted by Crippen LogP contribution is -2.48. The van der Waals surface area contributed by atoms with Gasteiger partial charge in [0.05, 0.1) is 32.7 Å². The number of rotatable bonds is 23. The Kier molecular flexibility index (Phi) is 18.6. The predicted octanol–water partition coefficient (Wildman–Crippen LogP) is 10.5. The van der Waals surface area contributed by atoms with Gasteiger partial charge in [0.25, 0.3) is 0 Å². The zero-order valence-electron chi connectivity index (χ0n) is 26.3. The molecule has 3 heteroatoms. The average molecular weight is 543 g/mol. The van der Waals surface area contributed by atoms with Crippen LogP contribution in [0.2, 0.25) is 0 Å². The second-order valence-corrected chi connectivity index (χ2v) is 13.2. The van der Waals surface area contributed by atoms with Crippen LogP contribution < -0.4 is 0 Å². The molecule has 1 aliphatic rings. The van der Waals surface area contributed by atoms with Crippen LogP contribution in [0, 0.1) is 5.92 Å². The zero-order valence-corrected chi connectivity index (χ0v) is 26.3. The van der Waals surface area contributed by atoms with Crippen molar-refractivity contribution in [1.82, 2.24) is 0 Å². The maximum atomic E-state index is 12.7. The molecule has 1 aliphatic carbocycles. The molecule has 0 aliphatic heterocycles. The van der Waals surface area contributed by atoms with Gasteiger partial charge in [-0.1, -0.05) is 134 Å². The van der Waals surface area contributed by atoms with Gasteiger partial charge >= 0.3 is 5.97 Å². The van der Waals surface area contributed by atoms with Gasteiger partial charge in [-0.15, -0.1) is 0 Å². The lowest BCUT2D eigenvalue weighted by Gasteiger charge is -2.38. The van der Waals surface area contributed by atoms with E-state index in [-0.39, 0.29) is 12.1 Å². The largest absolute Gasteiger partial charge is 0.458 e. The summed E-state index contributed by atoms with van der Waals surface area (Å²) in [5, 5.41) is 0. The summed E-state index contributed by atoms with van der Waals surface area (Å²) < 4.78 is 7.07. The molecule has 0 heterocycles. The van der Waals surface area contributed by atoms with Crippen LogP contribution in [-0.2, 0) is 4.74 Å². The lowest BCUT2D eigenvalue weighted by molar-refractivity contribution is -0.894. The normalized spacial score (nSPS) is 17.8. The number of unbranched alkanes of at least 4 members (excludes halogenated alkanes) is 17. The maximum Gasteiger partial charge on any atom is 0.338 e. The lowest BCUT2D eigenvalue weighted by atomic mass is 9.85. The molecule has 0 amide bonds.